The molecule has 6 nitrogen and oxygen atoms in total. The number of likely N-dealkylation sites (N-methyl/N-ethyl adjacent to an activating group) is 2. The van der Waals surface area contributed by atoms with E-state index in [1.165, 1.54) is 17.7 Å². The highest BCUT2D eigenvalue weighted by Gasteiger charge is 2.47. The molecule has 1 amide bonds. The number of halogens is 1. The van der Waals surface area contributed by atoms with E-state index in [-0.39, 0.29) is 17.8 Å². The zero-order valence-corrected chi connectivity index (χ0v) is 20.0. The van der Waals surface area contributed by atoms with Crippen molar-refractivity contribution in [2.45, 2.75) is 44.2 Å². The van der Waals surface area contributed by atoms with Crippen LogP contribution in [0, 0.1) is 5.82 Å². The molecule has 0 saturated carbocycles. The van der Waals surface area contributed by atoms with E-state index in [1.54, 1.807) is 26.4 Å². The van der Waals surface area contributed by atoms with Gasteiger partial charge in [0.15, 0.2) is 6.04 Å². The first-order chi connectivity index (χ1) is 16.4. The maximum absolute atomic E-state index is 14.0. The third kappa shape index (κ3) is 3.78. The van der Waals surface area contributed by atoms with E-state index in [0.717, 1.165) is 65.4 Å². The van der Waals surface area contributed by atoms with Crippen LogP contribution >= 0.6 is 0 Å². The summed E-state index contributed by atoms with van der Waals surface area (Å²) in [7, 11) is 5.59. The van der Waals surface area contributed by atoms with Crippen molar-refractivity contribution in [2.75, 3.05) is 27.7 Å². The van der Waals surface area contributed by atoms with Gasteiger partial charge in [0.2, 0.25) is 0 Å². The Morgan fingerprint density at radius 2 is 2.09 bits per heavy atom. The second-order valence-electron chi connectivity index (χ2n) is 9.65. The number of nitrogens with one attached hydrogen (secondary N) is 2. The van der Waals surface area contributed by atoms with Gasteiger partial charge in [-0.2, -0.15) is 0 Å². The van der Waals surface area contributed by atoms with E-state index in [2.05, 4.69) is 34.5 Å². The molecule has 1 aliphatic carbocycles. The number of benzene rings is 1. The van der Waals surface area contributed by atoms with E-state index in [4.69, 9.17) is 4.74 Å². The van der Waals surface area contributed by atoms with Crippen molar-refractivity contribution in [1.82, 2.24) is 15.3 Å². The van der Waals surface area contributed by atoms with Crippen molar-refractivity contribution in [1.29, 1.82) is 0 Å². The molecule has 0 spiro atoms. The Bertz CT molecular complexity index is 1270. The van der Waals surface area contributed by atoms with Crippen LogP contribution in [0.5, 0.6) is 5.75 Å². The van der Waals surface area contributed by atoms with Crippen LogP contribution in [0.15, 0.2) is 42.6 Å². The van der Waals surface area contributed by atoms with Crippen LogP contribution in [0.3, 0.4) is 0 Å². The number of carbonyl (C=O) groups is 1. The molecule has 5 rings (SSSR count). The van der Waals surface area contributed by atoms with Gasteiger partial charge in [-0.05, 0) is 47.9 Å². The molecule has 1 saturated heterocycles. The van der Waals surface area contributed by atoms with Crippen LogP contribution < -0.4 is 10.1 Å². The quantitative estimate of drug-likeness (QED) is 0.541. The number of likely N-dealkylation sites (tertiary alicyclic amines) is 1. The minimum absolute atomic E-state index is 0.0473. The molecule has 2 N–H and O–H groups in total. The number of fused-ring (bicyclic) bond motifs is 1. The Hall–Kier alpha value is -3.19. The predicted octanol–water partition coefficient (Wildman–Crippen LogP) is 4.67. The molecule has 178 valence electrons. The molecule has 2 aromatic heterocycles. The number of quaternary nitrogens is 1. The minimum atomic E-state index is -0.300. The summed E-state index contributed by atoms with van der Waals surface area (Å²) in [5.41, 5.74) is 4.70. The summed E-state index contributed by atoms with van der Waals surface area (Å²) in [6.45, 7) is 1.06. The van der Waals surface area contributed by atoms with Crippen molar-refractivity contribution in [3.05, 3.63) is 54.1 Å². The number of aromatic amines is 1. The SMILES string of the molecule is CNC(=O)[C@@H]1CCC[N+]1(C)C1CC=C(c2cc3c(-c4cc(F)ccc4OC)ccnc3[nH]2)CC1. The highest BCUT2D eigenvalue weighted by Crippen LogP contribution is 2.39. The topological polar surface area (TPSA) is 67.0 Å². The van der Waals surface area contributed by atoms with E-state index in [1.807, 2.05) is 6.07 Å². The van der Waals surface area contributed by atoms with Crippen LogP contribution in [0.1, 0.15) is 37.8 Å². The summed E-state index contributed by atoms with van der Waals surface area (Å²) >= 11 is 0. The lowest BCUT2D eigenvalue weighted by atomic mass is 9.90. The molecule has 1 aromatic carbocycles. The standard InChI is InChI=1S/C27H31FN4O2/c1-29-27(33)24-5-4-14-32(24,2)19-9-6-17(7-10-19)23-16-22-20(12-13-30-26(22)31-23)21-15-18(28)8-11-25(21)34-3/h6,8,11-13,15-16,19,24H,4-5,7,9-10,14H2,1-3H3,(H-,29,30,31,33)/p+1/t19?,24-,32?/m0/s1. The maximum Gasteiger partial charge on any atom is 0.278 e. The molecule has 2 unspecified atom stereocenters. The molecular weight excluding hydrogens is 431 g/mol. The third-order valence-electron chi connectivity index (χ3n) is 7.93. The molecule has 1 aliphatic heterocycles. The molecule has 0 bridgehead atoms. The number of ether oxygens (including phenoxy) is 1. The second-order valence-corrected chi connectivity index (χ2v) is 9.65. The highest BCUT2D eigenvalue weighted by molar-refractivity contribution is 5.96. The Labute approximate surface area is 199 Å². The Morgan fingerprint density at radius 1 is 1.24 bits per heavy atom. The Morgan fingerprint density at radius 3 is 2.82 bits per heavy atom. The number of allylic oxidation sites excluding steroid dienone is 1. The first-order valence-electron chi connectivity index (χ1n) is 12.0. The Kier molecular flexibility index (Phi) is 5.90. The summed E-state index contributed by atoms with van der Waals surface area (Å²) in [5.74, 6) is 0.493. The number of amides is 1. The number of aromatic nitrogens is 2. The summed E-state index contributed by atoms with van der Waals surface area (Å²) in [5, 5.41) is 3.81. The summed E-state index contributed by atoms with van der Waals surface area (Å²) < 4.78 is 20.4. The van der Waals surface area contributed by atoms with Gasteiger partial charge in [-0.3, -0.25) is 4.79 Å². The van der Waals surface area contributed by atoms with Gasteiger partial charge in [-0.15, -0.1) is 0 Å². The highest BCUT2D eigenvalue weighted by atomic mass is 19.1. The van der Waals surface area contributed by atoms with Crippen molar-refractivity contribution in [3.8, 4) is 16.9 Å². The molecule has 3 heterocycles. The number of methoxy groups -OCH3 is 1. The first kappa shape index (κ1) is 22.6. The van der Waals surface area contributed by atoms with Crippen molar-refractivity contribution >= 4 is 22.5 Å². The molecule has 34 heavy (non-hydrogen) atoms. The molecule has 3 atom stereocenters. The second kappa shape index (κ2) is 8.87. The third-order valence-corrected chi connectivity index (χ3v) is 7.93. The minimum Gasteiger partial charge on any atom is -0.496 e. The van der Waals surface area contributed by atoms with Crippen LogP contribution in [-0.2, 0) is 4.79 Å². The maximum atomic E-state index is 14.0. The van der Waals surface area contributed by atoms with Crippen LogP contribution in [-0.4, -0.2) is 60.2 Å². The molecule has 1 fully saturated rings. The van der Waals surface area contributed by atoms with Crippen LogP contribution in [0.4, 0.5) is 4.39 Å². The normalized spacial score (nSPS) is 24.8. The van der Waals surface area contributed by atoms with Crippen LogP contribution in [0.25, 0.3) is 27.7 Å². The molecule has 7 heteroatoms. The van der Waals surface area contributed by atoms with E-state index in [0.29, 0.717) is 17.4 Å². The van der Waals surface area contributed by atoms with Gasteiger partial charge in [-0.1, -0.05) is 6.08 Å². The predicted molar refractivity (Wildman–Crippen MR) is 132 cm³/mol. The van der Waals surface area contributed by atoms with Gasteiger partial charge in [-0.25, -0.2) is 9.37 Å². The van der Waals surface area contributed by atoms with Gasteiger partial charge in [0.1, 0.15) is 17.2 Å². The fraction of sp³-hybridized carbons (Fsp3) is 0.407. The smallest absolute Gasteiger partial charge is 0.278 e. The molecular formula is C27H32FN4O2+. The number of pyridine rings is 1. The van der Waals surface area contributed by atoms with Gasteiger partial charge >= 0.3 is 0 Å². The van der Waals surface area contributed by atoms with Crippen molar-refractivity contribution in [3.63, 3.8) is 0 Å². The van der Waals surface area contributed by atoms with E-state index < -0.39 is 0 Å². The van der Waals surface area contributed by atoms with Gasteiger partial charge in [0, 0.05) is 55.6 Å². The average molecular weight is 464 g/mol. The molecule has 0 radical (unpaired) electrons. The number of carbonyl (C=O) groups excluding carboxylic acids is 1. The lowest BCUT2D eigenvalue weighted by Gasteiger charge is -2.43. The summed E-state index contributed by atoms with van der Waals surface area (Å²) in [6.07, 6.45) is 9.07. The number of hydrogen-bond donors (Lipinski definition) is 2. The van der Waals surface area contributed by atoms with Gasteiger partial charge in [0.25, 0.3) is 5.91 Å². The van der Waals surface area contributed by atoms with E-state index >= 15 is 0 Å². The van der Waals surface area contributed by atoms with Crippen molar-refractivity contribution in [2.24, 2.45) is 0 Å². The zero-order valence-electron chi connectivity index (χ0n) is 20.0. The average Bonchev–Trinajstić information content (AvgIpc) is 3.48. The van der Waals surface area contributed by atoms with Crippen LogP contribution in [0.2, 0.25) is 0 Å². The number of nitrogens with zero attached hydrogens (tertiary/aromatic N) is 2. The number of H-pyrrole nitrogens is 1. The first-order valence-corrected chi connectivity index (χ1v) is 12.0. The largest absolute Gasteiger partial charge is 0.496 e. The lowest BCUT2D eigenvalue weighted by molar-refractivity contribution is -0.936. The van der Waals surface area contributed by atoms with Gasteiger partial charge in [0.05, 0.1) is 26.7 Å². The fourth-order valence-corrected chi connectivity index (χ4v) is 6.00. The fourth-order valence-electron chi connectivity index (χ4n) is 6.00. The molecule has 3 aromatic rings. The van der Waals surface area contributed by atoms with Crippen molar-refractivity contribution < 1.29 is 18.4 Å². The summed E-state index contributed by atoms with van der Waals surface area (Å²) in [4.78, 5) is 20.5. The number of hydrogen-bond acceptors (Lipinski definition) is 3. The lowest BCUT2D eigenvalue weighted by Crippen LogP contribution is -2.60. The molecule has 2 aliphatic rings. The summed E-state index contributed by atoms with van der Waals surface area (Å²) in [6, 6.07) is 9.09. The van der Waals surface area contributed by atoms with Gasteiger partial charge < -0.3 is 19.5 Å². The number of rotatable bonds is 5. The van der Waals surface area contributed by atoms with E-state index in [9.17, 15) is 9.18 Å². The zero-order chi connectivity index (χ0) is 23.9. The Balaban J connectivity index is 1.45. The monoisotopic (exact) mass is 463 g/mol.